The summed E-state index contributed by atoms with van der Waals surface area (Å²) in [5.41, 5.74) is 5.57. The maximum atomic E-state index is 11.2. The molecule has 4 aromatic heterocycles. The van der Waals surface area contributed by atoms with Gasteiger partial charge in [0.1, 0.15) is 5.15 Å². The van der Waals surface area contributed by atoms with Crippen molar-refractivity contribution in [3.8, 4) is 22.5 Å². The first kappa shape index (κ1) is 27.1. The second-order valence-electron chi connectivity index (χ2n) is 8.40. The molecule has 0 aliphatic rings. The number of aromatic nitrogens is 6. The first-order chi connectivity index (χ1) is 19.4. The topological polar surface area (TPSA) is 121 Å². The number of hydrogen-bond donors (Lipinski definition) is 3. The van der Waals surface area contributed by atoms with Crippen molar-refractivity contribution in [1.29, 1.82) is 0 Å². The predicted molar refractivity (Wildman–Crippen MR) is 163 cm³/mol. The summed E-state index contributed by atoms with van der Waals surface area (Å²) in [6.45, 7) is 3.98. The highest BCUT2D eigenvalue weighted by atomic mass is 35.5. The molecule has 4 heterocycles. The Labute approximate surface area is 243 Å². The molecule has 12 heteroatoms. The first-order valence-corrected chi connectivity index (χ1v) is 14.2. The molecule has 200 valence electrons. The van der Waals surface area contributed by atoms with Crippen molar-refractivity contribution >= 4 is 57.5 Å². The van der Waals surface area contributed by atoms with Gasteiger partial charge in [-0.3, -0.25) is 9.78 Å². The Morgan fingerprint density at radius 2 is 1.35 bits per heavy atom. The third kappa shape index (κ3) is 7.35. The standard InChI is InChI=1S/C14H11ClN4S.C14H12N4OS/c1-9-17-12(8-20-9)10-3-2-4-11(7-10)18-14-16-6-5-13(15)19-14;1-9-16-12(8-20-9)10-3-2-4-11(7-10)17-14-15-6-5-13(19)18-14/h2-8H,1H3,(H,16,18,19);2-8H,1H3,(H2,15,17,18,19). The Balaban J connectivity index is 0.000000161. The van der Waals surface area contributed by atoms with E-state index < -0.39 is 0 Å². The smallest absolute Gasteiger partial charge is 0.252 e. The van der Waals surface area contributed by atoms with Gasteiger partial charge in [0.2, 0.25) is 11.9 Å². The van der Waals surface area contributed by atoms with Gasteiger partial charge in [-0.1, -0.05) is 35.9 Å². The molecular formula is C28H23ClN8OS2. The number of aromatic amines is 1. The number of nitrogens with zero attached hydrogens (tertiary/aromatic N) is 5. The zero-order valence-corrected chi connectivity index (χ0v) is 23.8. The third-order valence-corrected chi connectivity index (χ3v) is 7.12. The number of aryl methyl sites for hydroxylation is 2. The molecule has 9 nitrogen and oxygen atoms in total. The zero-order valence-electron chi connectivity index (χ0n) is 21.4. The number of hydrogen-bond acceptors (Lipinski definition) is 10. The fourth-order valence-electron chi connectivity index (χ4n) is 3.60. The van der Waals surface area contributed by atoms with Crippen LogP contribution in [-0.2, 0) is 0 Å². The predicted octanol–water partition coefficient (Wildman–Crippen LogP) is 7.25. The molecule has 2 aromatic carbocycles. The van der Waals surface area contributed by atoms with E-state index in [1.807, 2.05) is 73.1 Å². The summed E-state index contributed by atoms with van der Waals surface area (Å²) in [5, 5.41) is 12.8. The number of thiazole rings is 2. The van der Waals surface area contributed by atoms with Crippen molar-refractivity contribution in [3.63, 3.8) is 0 Å². The van der Waals surface area contributed by atoms with E-state index in [4.69, 9.17) is 11.6 Å². The zero-order chi connectivity index (χ0) is 27.9. The normalized spacial score (nSPS) is 10.5. The Hall–Kier alpha value is -4.45. The molecule has 3 N–H and O–H groups in total. The molecule has 0 atom stereocenters. The number of rotatable bonds is 6. The van der Waals surface area contributed by atoms with E-state index in [0.29, 0.717) is 17.0 Å². The molecule has 0 saturated carbocycles. The summed E-state index contributed by atoms with van der Waals surface area (Å²) < 4.78 is 0. The third-order valence-electron chi connectivity index (χ3n) is 5.37. The minimum atomic E-state index is -0.186. The van der Waals surface area contributed by atoms with Crippen LogP contribution in [0.1, 0.15) is 10.0 Å². The van der Waals surface area contributed by atoms with Crippen LogP contribution in [0.3, 0.4) is 0 Å². The molecule has 0 amide bonds. The lowest BCUT2D eigenvalue weighted by Gasteiger charge is -2.06. The summed E-state index contributed by atoms with van der Waals surface area (Å²) in [5.74, 6) is 0.896. The van der Waals surface area contributed by atoms with E-state index in [1.165, 1.54) is 12.3 Å². The van der Waals surface area contributed by atoms with Gasteiger partial charge in [-0.2, -0.15) is 0 Å². The summed E-state index contributed by atoms with van der Waals surface area (Å²) in [6, 6.07) is 18.8. The number of nitrogens with one attached hydrogen (secondary N) is 3. The highest BCUT2D eigenvalue weighted by Gasteiger charge is 2.05. The van der Waals surface area contributed by atoms with Gasteiger partial charge in [-0.15, -0.1) is 22.7 Å². The van der Waals surface area contributed by atoms with Crippen LogP contribution in [0, 0.1) is 13.8 Å². The van der Waals surface area contributed by atoms with Crippen LogP contribution < -0.4 is 16.2 Å². The van der Waals surface area contributed by atoms with Gasteiger partial charge in [0, 0.05) is 51.7 Å². The van der Waals surface area contributed by atoms with Crippen LogP contribution >= 0.6 is 34.3 Å². The van der Waals surface area contributed by atoms with Gasteiger partial charge < -0.3 is 10.6 Å². The van der Waals surface area contributed by atoms with Gasteiger partial charge in [0.25, 0.3) is 5.56 Å². The van der Waals surface area contributed by atoms with Crippen LogP contribution in [0.15, 0.2) is 88.6 Å². The van der Waals surface area contributed by atoms with Crippen LogP contribution in [0.4, 0.5) is 23.3 Å². The SMILES string of the molecule is Cc1nc(-c2cccc(Nc3nccc(=O)[nH]3)c2)cs1.Cc1nc(-c2cccc(Nc3nccc(Cl)n3)c2)cs1. The average Bonchev–Trinajstić information content (AvgIpc) is 3.58. The average molecular weight is 587 g/mol. The van der Waals surface area contributed by atoms with Crippen molar-refractivity contribution in [2.45, 2.75) is 13.8 Å². The van der Waals surface area contributed by atoms with Crippen LogP contribution in [0.2, 0.25) is 5.15 Å². The molecule has 0 aliphatic carbocycles. The fourth-order valence-corrected chi connectivity index (χ4v) is 4.98. The van der Waals surface area contributed by atoms with Crippen molar-refractivity contribution in [1.82, 2.24) is 29.9 Å². The fraction of sp³-hybridized carbons (Fsp3) is 0.0714. The van der Waals surface area contributed by atoms with E-state index in [1.54, 1.807) is 34.9 Å². The van der Waals surface area contributed by atoms with Crippen LogP contribution in [-0.4, -0.2) is 29.9 Å². The Bertz CT molecular complexity index is 1800. The molecule has 0 saturated heterocycles. The second-order valence-corrected chi connectivity index (χ2v) is 10.9. The summed E-state index contributed by atoms with van der Waals surface area (Å²) in [6.07, 6.45) is 3.08. The van der Waals surface area contributed by atoms with Crippen LogP contribution in [0.5, 0.6) is 0 Å². The van der Waals surface area contributed by atoms with E-state index in [-0.39, 0.29) is 5.56 Å². The summed E-state index contributed by atoms with van der Waals surface area (Å²) in [7, 11) is 0. The van der Waals surface area contributed by atoms with E-state index in [9.17, 15) is 4.79 Å². The molecule has 0 bridgehead atoms. The first-order valence-electron chi connectivity index (χ1n) is 12.0. The van der Waals surface area contributed by atoms with E-state index in [2.05, 4.69) is 40.5 Å². The Morgan fingerprint density at radius 1 is 0.750 bits per heavy atom. The molecule has 0 spiro atoms. The van der Waals surface area contributed by atoms with Gasteiger partial charge in [0.05, 0.1) is 21.4 Å². The van der Waals surface area contributed by atoms with Gasteiger partial charge in [-0.05, 0) is 44.2 Å². The molecule has 0 aliphatic heterocycles. The molecule has 6 rings (SSSR count). The van der Waals surface area contributed by atoms with Crippen molar-refractivity contribution in [2.75, 3.05) is 10.6 Å². The van der Waals surface area contributed by atoms with Crippen molar-refractivity contribution in [3.05, 3.63) is 109 Å². The summed E-state index contributed by atoms with van der Waals surface area (Å²) in [4.78, 5) is 35.1. The molecule has 0 fully saturated rings. The number of halogens is 1. The lowest BCUT2D eigenvalue weighted by atomic mass is 10.1. The highest BCUT2D eigenvalue weighted by Crippen LogP contribution is 2.26. The van der Waals surface area contributed by atoms with Crippen molar-refractivity contribution in [2.24, 2.45) is 0 Å². The minimum Gasteiger partial charge on any atom is -0.326 e. The van der Waals surface area contributed by atoms with Gasteiger partial charge >= 0.3 is 0 Å². The molecule has 40 heavy (non-hydrogen) atoms. The van der Waals surface area contributed by atoms with E-state index in [0.717, 1.165) is 43.9 Å². The highest BCUT2D eigenvalue weighted by molar-refractivity contribution is 7.10. The quantitative estimate of drug-likeness (QED) is 0.174. The van der Waals surface area contributed by atoms with Gasteiger partial charge in [-0.25, -0.2) is 24.9 Å². The Morgan fingerprint density at radius 3 is 1.90 bits per heavy atom. The summed E-state index contributed by atoms with van der Waals surface area (Å²) >= 11 is 9.10. The van der Waals surface area contributed by atoms with Crippen molar-refractivity contribution < 1.29 is 0 Å². The monoisotopic (exact) mass is 586 g/mol. The maximum Gasteiger partial charge on any atom is 0.252 e. The lowest BCUT2D eigenvalue weighted by molar-refractivity contribution is 1.12. The second kappa shape index (κ2) is 12.6. The lowest BCUT2D eigenvalue weighted by Crippen LogP contribution is -2.08. The molecular weight excluding hydrogens is 564 g/mol. The van der Waals surface area contributed by atoms with Gasteiger partial charge in [0.15, 0.2) is 0 Å². The maximum absolute atomic E-state index is 11.2. The minimum absolute atomic E-state index is 0.186. The Kier molecular flexibility index (Phi) is 8.55. The van der Waals surface area contributed by atoms with E-state index >= 15 is 0 Å². The van der Waals surface area contributed by atoms with Crippen LogP contribution in [0.25, 0.3) is 22.5 Å². The number of anilines is 4. The molecule has 6 aromatic rings. The number of benzene rings is 2. The largest absolute Gasteiger partial charge is 0.326 e. The molecule has 0 radical (unpaired) electrons. The molecule has 0 unspecified atom stereocenters. The number of H-pyrrole nitrogens is 1.